The summed E-state index contributed by atoms with van der Waals surface area (Å²) in [6.07, 6.45) is 1.93. The molecule has 2 heterocycles. The molecule has 27 heavy (non-hydrogen) atoms. The van der Waals surface area contributed by atoms with Gasteiger partial charge < -0.3 is 15.2 Å². The number of nitrogens with zero attached hydrogens (tertiary/aromatic N) is 2. The molecule has 1 amide bonds. The second-order valence-electron chi connectivity index (χ2n) is 7.08. The predicted octanol–water partition coefficient (Wildman–Crippen LogP) is 3.12. The average Bonchev–Trinajstić information content (AvgIpc) is 2.94. The fraction of sp³-hybridized carbons (Fsp3) is 0.412. The number of carbonyl (C=O) groups is 1. The highest BCUT2D eigenvalue weighted by Crippen LogP contribution is 2.27. The zero-order valence-electron chi connectivity index (χ0n) is 15.4. The normalized spacial score (nSPS) is 13.2. The lowest BCUT2D eigenvalue weighted by Gasteiger charge is -2.30. The first-order chi connectivity index (χ1) is 12.4. The molecular formula is C17H22BrN3O5S. The maximum absolute atomic E-state index is 12.9. The Morgan fingerprint density at radius 2 is 2.07 bits per heavy atom. The Hall–Kier alpha value is -2.07. The van der Waals surface area contributed by atoms with Crippen LogP contribution in [0.15, 0.2) is 40.1 Å². The summed E-state index contributed by atoms with van der Waals surface area (Å²) in [6, 6.07) is 4.16. The summed E-state index contributed by atoms with van der Waals surface area (Å²) >= 11 is 3.27. The van der Waals surface area contributed by atoms with Crippen molar-refractivity contribution in [1.82, 2.24) is 14.3 Å². The number of nitrogens with one attached hydrogen (secondary N) is 1. The zero-order chi connectivity index (χ0) is 20.4. The number of rotatable bonds is 6. The molecule has 2 aromatic rings. The van der Waals surface area contributed by atoms with E-state index in [-0.39, 0.29) is 16.4 Å². The molecule has 1 unspecified atom stereocenters. The SMILES string of the molecule is COc1ccc(S(=O)(=O)n2cc(CC(NC(=O)O)C(C)(C)C)cc2Br)cn1. The minimum absolute atomic E-state index is 0.0159. The molecule has 0 bridgehead atoms. The van der Waals surface area contributed by atoms with Crippen molar-refractivity contribution in [3.8, 4) is 5.88 Å². The number of hydrogen-bond donors (Lipinski definition) is 2. The van der Waals surface area contributed by atoms with Crippen LogP contribution in [-0.4, -0.2) is 41.7 Å². The first-order valence-corrected chi connectivity index (χ1v) is 10.3. The molecule has 0 aromatic carbocycles. The third-order valence-corrected chi connectivity index (χ3v) is 6.56. The van der Waals surface area contributed by atoms with Gasteiger partial charge in [-0.05, 0) is 45.5 Å². The van der Waals surface area contributed by atoms with Gasteiger partial charge in [-0.15, -0.1) is 0 Å². The molecule has 8 nitrogen and oxygen atoms in total. The van der Waals surface area contributed by atoms with Gasteiger partial charge in [-0.1, -0.05) is 20.8 Å². The van der Waals surface area contributed by atoms with Crippen LogP contribution in [0, 0.1) is 5.41 Å². The Morgan fingerprint density at radius 3 is 2.56 bits per heavy atom. The molecule has 0 fully saturated rings. The van der Waals surface area contributed by atoms with E-state index >= 15 is 0 Å². The average molecular weight is 460 g/mol. The van der Waals surface area contributed by atoms with Gasteiger partial charge in [-0.25, -0.2) is 22.2 Å². The van der Waals surface area contributed by atoms with Gasteiger partial charge in [0, 0.05) is 18.3 Å². The van der Waals surface area contributed by atoms with Gasteiger partial charge in [0.25, 0.3) is 10.0 Å². The van der Waals surface area contributed by atoms with Gasteiger partial charge in [0.05, 0.1) is 13.3 Å². The Morgan fingerprint density at radius 1 is 1.41 bits per heavy atom. The minimum atomic E-state index is -3.85. The molecule has 10 heteroatoms. The summed E-state index contributed by atoms with van der Waals surface area (Å²) in [7, 11) is -2.41. The summed E-state index contributed by atoms with van der Waals surface area (Å²) in [5.74, 6) is 0.314. The Labute approximate surface area is 166 Å². The van der Waals surface area contributed by atoms with Crippen LogP contribution < -0.4 is 10.1 Å². The van der Waals surface area contributed by atoms with Gasteiger partial charge in [0.1, 0.15) is 9.50 Å². The molecule has 0 saturated heterocycles. The quantitative estimate of drug-likeness (QED) is 0.686. The number of ether oxygens (including phenoxy) is 1. The smallest absolute Gasteiger partial charge is 0.404 e. The highest BCUT2D eigenvalue weighted by atomic mass is 79.9. The highest BCUT2D eigenvalue weighted by molar-refractivity contribution is 9.10. The lowest BCUT2D eigenvalue weighted by Crippen LogP contribution is -2.44. The van der Waals surface area contributed by atoms with E-state index in [2.05, 4.69) is 26.2 Å². The van der Waals surface area contributed by atoms with Gasteiger partial charge >= 0.3 is 6.09 Å². The second kappa shape index (κ2) is 7.89. The van der Waals surface area contributed by atoms with Crippen LogP contribution in [0.1, 0.15) is 26.3 Å². The van der Waals surface area contributed by atoms with E-state index < -0.39 is 16.1 Å². The third kappa shape index (κ3) is 5.01. The molecule has 0 aliphatic carbocycles. The summed E-state index contributed by atoms with van der Waals surface area (Å²) in [6.45, 7) is 5.75. The molecule has 0 aliphatic heterocycles. The van der Waals surface area contributed by atoms with Crippen molar-refractivity contribution >= 4 is 32.0 Å². The number of carboxylic acid groups (broad SMARTS) is 1. The van der Waals surface area contributed by atoms with E-state index in [0.717, 1.165) is 3.97 Å². The molecule has 0 spiro atoms. The summed E-state index contributed by atoms with van der Waals surface area (Å²) in [5.41, 5.74) is 0.340. The van der Waals surface area contributed by atoms with Crippen LogP contribution in [0.2, 0.25) is 0 Å². The first-order valence-electron chi connectivity index (χ1n) is 8.07. The second-order valence-corrected chi connectivity index (χ2v) is 9.71. The van der Waals surface area contributed by atoms with Gasteiger partial charge in [-0.2, -0.15) is 0 Å². The topological polar surface area (TPSA) is 111 Å². The monoisotopic (exact) mass is 459 g/mol. The predicted molar refractivity (Wildman–Crippen MR) is 104 cm³/mol. The standard InChI is InChI=1S/C17H22BrN3O5S/c1-17(2,3)13(20-16(22)23)7-11-8-14(18)21(10-11)27(24,25)12-5-6-15(26-4)19-9-12/h5-6,8-10,13,20H,7H2,1-4H3,(H,22,23). The van der Waals surface area contributed by atoms with Crippen molar-refractivity contribution in [1.29, 1.82) is 0 Å². The van der Waals surface area contributed by atoms with Crippen molar-refractivity contribution in [3.05, 3.63) is 40.8 Å². The highest BCUT2D eigenvalue weighted by Gasteiger charge is 2.28. The lowest BCUT2D eigenvalue weighted by molar-refractivity contribution is 0.174. The van der Waals surface area contributed by atoms with Crippen LogP contribution in [0.5, 0.6) is 5.88 Å². The molecule has 2 rings (SSSR count). The van der Waals surface area contributed by atoms with Crippen molar-refractivity contribution in [2.45, 2.75) is 38.1 Å². The number of halogens is 1. The lowest BCUT2D eigenvalue weighted by atomic mass is 9.83. The van der Waals surface area contributed by atoms with Crippen molar-refractivity contribution in [2.75, 3.05) is 7.11 Å². The van der Waals surface area contributed by atoms with Crippen LogP contribution in [0.25, 0.3) is 0 Å². The van der Waals surface area contributed by atoms with E-state index in [4.69, 9.17) is 9.84 Å². The molecular weight excluding hydrogens is 438 g/mol. The van der Waals surface area contributed by atoms with Gasteiger partial charge in [0.2, 0.25) is 5.88 Å². The maximum atomic E-state index is 12.9. The molecule has 2 aromatic heterocycles. The van der Waals surface area contributed by atoms with Crippen LogP contribution >= 0.6 is 15.9 Å². The zero-order valence-corrected chi connectivity index (χ0v) is 17.8. The molecule has 0 aliphatic rings. The molecule has 1 atom stereocenters. The van der Waals surface area contributed by atoms with Crippen LogP contribution in [0.4, 0.5) is 4.79 Å². The minimum Gasteiger partial charge on any atom is -0.481 e. The summed E-state index contributed by atoms with van der Waals surface area (Å²) in [5, 5.41) is 11.6. The molecule has 2 N–H and O–H groups in total. The fourth-order valence-electron chi connectivity index (χ4n) is 2.47. The third-order valence-electron chi connectivity index (χ3n) is 4.06. The van der Waals surface area contributed by atoms with Crippen molar-refractivity contribution in [3.63, 3.8) is 0 Å². The summed E-state index contributed by atoms with van der Waals surface area (Å²) in [4.78, 5) is 15.0. The number of aromatic nitrogens is 2. The Balaban J connectivity index is 2.35. The van der Waals surface area contributed by atoms with Gasteiger partial charge in [0.15, 0.2) is 0 Å². The van der Waals surface area contributed by atoms with Crippen LogP contribution in [-0.2, 0) is 16.4 Å². The molecule has 0 radical (unpaired) electrons. The largest absolute Gasteiger partial charge is 0.481 e. The number of hydrogen-bond acceptors (Lipinski definition) is 5. The van der Waals surface area contributed by atoms with E-state index in [0.29, 0.717) is 22.5 Å². The van der Waals surface area contributed by atoms with E-state index in [1.165, 1.54) is 31.6 Å². The number of pyridine rings is 1. The number of methoxy groups -OCH3 is 1. The van der Waals surface area contributed by atoms with Crippen molar-refractivity contribution in [2.24, 2.45) is 5.41 Å². The summed E-state index contributed by atoms with van der Waals surface area (Å²) < 4.78 is 32.1. The number of amides is 1. The van der Waals surface area contributed by atoms with E-state index in [9.17, 15) is 13.2 Å². The van der Waals surface area contributed by atoms with Crippen LogP contribution in [0.3, 0.4) is 0 Å². The van der Waals surface area contributed by atoms with E-state index in [1.54, 1.807) is 6.07 Å². The Bertz CT molecular complexity index is 917. The van der Waals surface area contributed by atoms with Gasteiger partial charge in [-0.3, -0.25) is 0 Å². The molecule has 0 saturated carbocycles. The van der Waals surface area contributed by atoms with Crippen molar-refractivity contribution < 1.29 is 23.1 Å². The Kier molecular flexibility index (Phi) is 6.21. The molecule has 148 valence electrons. The van der Waals surface area contributed by atoms with E-state index in [1.807, 2.05) is 20.8 Å². The maximum Gasteiger partial charge on any atom is 0.404 e. The fourth-order valence-corrected chi connectivity index (χ4v) is 4.65. The first kappa shape index (κ1) is 21.2.